The summed E-state index contributed by atoms with van der Waals surface area (Å²) in [4.78, 5) is 0. The van der Waals surface area contributed by atoms with Crippen LogP contribution in [0.5, 0.6) is 0 Å². The van der Waals surface area contributed by atoms with E-state index >= 15 is 0 Å². The molecule has 0 aromatic rings. The van der Waals surface area contributed by atoms with Gasteiger partial charge in [-0.3, -0.25) is 4.18 Å². The predicted molar refractivity (Wildman–Crippen MR) is 95.8 cm³/mol. The lowest BCUT2D eigenvalue weighted by Gasteiger charge is -2.24. The molecule has 152 valence electrons. The summed E-state index contributed by atoms with van der Waals surface area (Å²) < 4.78 is 62.7. The lowest BCUT2D eigenvalue weighted by Crippen LogP contribution is -2.30. The summed E-state index contributed by atoms with van der Waals surface area (Å²) in [6.45, 7) is 5.24. The molecule has 0 aromatic heterocycles. The van der Waals surface area contributed by atoms with Crippen LogP contribution in [-0.2, 0) is 14.3 Å². The first-order valence-electron chi connectivity index (χ1n) is 9.47. The molecule has 0 unspecified atom stereocenters. The van der Waals surface area contributed by atoms with Crippen LogP contribution in [0.4, 0.5) is 13.2 Å². The Morgan fingerprint density at radius 1 is 0.760 bits per heavy atom. The van der Waals surface area contributed by atoms with Crippen LogP contribution in [0.25, 0.3) is 0 Å². The molecule has 0 atom stereocenters. The first kappa shape index (κ1) is 24.7. The van der Waals surface area contributed by atoms with E-state index in [4.69, 9.17) is 0 Å². The Balaban J connectivity index is 3.70. The highest BCUT2D eigenvalue weighted by molar-refractivity contribution is 7.87. The van der Waals surface area contributed by atoms with Gasteiger partial charge in [-0.15, -0.1) is 0 Å². The van der Waals surface area contributed by atoms with E-state index in [0.29, 0.717) is 6.42 Å². The topological polar surface area (TPSA) is 43.4 Å². The second-order valence-electron chi connectivity index (χ2n) is 7.61. The lowest BCUT2D eigenvalue weighted by molar-refractivity contribution is -0.0562. The quantitative estimate of drug-likeness (QED) is 0.181. The lowest BCUT2D eigenvalue weighted by atomic mass is 9.88. The number of rotatable bonds is 15. The molecule has 3 nitrogen and oxygen atoms in total. The van der Waals surface area contributed by atoms with E-state index in [1.807, 2.05) is 0 Å². The van der Waals surface area contributed by atoms with Crippen molar-refractivity contribution in [1.82, 2.24) is 0 Å². The maximum Gasteiger partial charge on any atom is 0.523 e. The van der Waals surface area contributed by atoms with Gasteiger partial charge in [0, 0.05) is 0 Å². The number of hydrogen-bond donors (Lipinski definition) is 0. The van der Waals surface area contributed by atoms with Crippen LogP contribution in [0, 0.1) is 5.41 Å². The number of hydrogen-bond acceptors (Lipinski definition) is 3. The van der Waals surface area contributed by atoms with Crippen molar-refractivity contribution >= 4 is 10.1 Å². The van der Waals surface area contributed by atoms with Crippen molar-refractivity contribution < 1.29 is 25.8 Å². The van der Waals surface area contributed by atoms with Gasteiger partial charge in [-0.05, 0) is 11.8 Å². The molecule has 0 aliphatic rings. The molecular formula is C18H35F3O3S. The van der Waals surface area contributed by atoms with Gasteiger partial charge in [-0.1, -0.05) is 91.4 Å². The molecule has 0 aliphatic heterocycles. The highest BCUT2D eigenvalue weighted by Gasteiger charge is 2.47. The molecule has 0 bridgehead atoms. The average Bonchev–Trinajstić information content (AvgIpc) is 2.50. The molecule has 0 aromatic carbocycles. The molecule has 25 heavy (non-hydrogen) atoms. The van der Waals surface area contributed by atoms with Crippen molar-refractivity contribution in [2.75, 3.05) is 6.61 Å². The average molecular weight is 389 g/mol. The van der Waals surface area contributed by atoms with Gasteiger partial charge in [0.15, 0.2) is 0 Å². The van der Waals surface area contributed by atoms with Crippen molar-refractivity contribution in [1.29, 1.82) is 0 Å². The van der Waals surface area contributed by atoms with Crippen molar-refractivity contribution in [2.45, 2.75) is 103 Å². The summed E-state index contributed by atoms with van der Waals surface area (Å²) in [5.74, 6) is 0. The standard InChI is InChI=1S/C18H35F3O3S/c1-4-5-6-7-8-9-10-11-12-13-14-15-17(2,3)16-24-25(22,23)18(19,20)21/h4-16H2,1-3H3. The summed E-state index contributed by atoms with van der Waals surface area (Å²) in [7, 11) is -5.49. The summed E-state index contributed by atoms with van der Waals surface area (Å²) >= 11 is 0. The zero-order chi connectivity index (χ0) is 19.4. The first-order chi connectivity index (χ1) is 11.5. The van der Waals surface area contributed by atoms with Gasteiger partial charge >= 0.3 is 15.6 Å². The minimum atomic E-state index is -5.49. The summed E-state index contributed by atoms with van der Waals surface area (Å²) in [6, 6.07) is 0. The van der Waals surface area contributed by atoms with Crippen molar-refractivity contribution in [2.24, 2.45) is 5.41 Å². The van der Waals surface area contributed by atoms with E-state index < -0.39 is 27.6 Å². The Labute approximate surface area is 151 Å². The van der Waals surface area contributed by atoms with Gasteiger partial charge in [-0.25, -0.2) is 0 Å². The minimum absolute atomic E-state index is 0.438. The molecule has 0 N–H and O–H groups in total. The third-order valence-corrected chi connectivity index (χ3v) is 5.34. The second kappa shape index (κ2) is 12.2. The van der Waals surface area contributed by atoms with E-state index in [9.17, 15) is 21.6 Å². The number of alkyl halides is 3. The third kappa shape index (κ3) is 12.7. The van der Waals surface area contributed by atoms with Crippen molar-refractivity contribution in [3.63, 3.8) is 0 Å². The fraction of sp³-hybridized carbons (Fsp3) is 1.00. The Morgan fingerprint density at radius 3 is 1.56 bits per heavy atom. The normalized spacial score (nSPS) is 13.4. The summed E-state index contributed by atoms with van der Waals surface area (Å²) in [5, 5.41) is 0. The zero-order valence-electron chi connectivity index (χ0n) is 16.0. The van der Waals surface area contributed by atoms with Gasteiger partial charge < -0.3 is 0 Å². The van der Waals surface area contributed by atoms with Crippen LogP contribution in [0.2, 0.25) is 0 Å². The maximum atomic E-state index is 12.2. The van der Waals surface area contributed by atoms with Gasteiger partial charge in [0.25, 0.3) is 0 Å². The fourth-order valence-corrected chi connectivity index (χ4v) is 3.25. The number of halogens is 3. The Morgan fingerprint density at radius 2 is 1.16 bits per heavy atom. The second-order valence-corrected chi connectivity index (χ2v) is 9.22. The summed E-state index contributed by atoms with van der Waals surface area (Å²) in [6.07, 6.45) is 13.9. The highest BCUT2D eigenvalue weighted by Crippen LogP contribution is 2.29. The summed E-state index contributed by atoms with van der Waals surface area (Å²) in [5.41, 5.74) is -5.93. The van der Waals surface area contributed by atoms with E-state index in [1.165, 1.54) is 51.4 Å². The van der Waals surface area contributed by atoms with Crippen LogP contribution in [-0.4, -0.2) is 20.5 Å². The van der Waals surface area contributed by atoms with Crippen LogP contribution in [0.15, 0.2) is 0 Å². The molecule has 0 aliphatic carbocycles. The molecule has 0 heterocycles. The molecule has 0 amide bonds. The Bertz CT molecular complexity index is 431. The molecule has 0 fully saturated rings. The molecule has 0 radical (unpaired) electrons. The molecule has 0 spiro atoms. The fourth-order valence-electron chi connectivity index (χ4n) is 2.64. The van der Waals surface area contributed by atoms with E-state index in [0.717, 1.165) is 19.3 Å². The SMILES string of the molecule is CCCCCCCCCCCCCC(C)(C)COS(=O)(=O)C(F)(F)F. The molecule has 7 heteroatoms. The third-order valence-electron chi connectivity index (χ3n) is 4.35. The van der Waals surface area contributed by atoms with E-state index in [2.05, 4.69) is 11.1 Å². The Hall–Kier alpha value is -0.300. The number of unbranched alkanes of at least 4 members (excludes halogenated alkanes) is 10. The minimum Gasteiger partial charge on any atom is -0.263 e. The van der Waals surface area contributed by atoms with Gasteiger partial charge in [-0.2, -0.15) is 21.6 Å². The van der Waals surface area contributed by atoms with Crippen LogP contribution >= 0.6 is 0 Å². The van der Waals surface area contributed by atoms with Gasteiger partial charge in [0.2, 0.25) is 0 Å². The predicted octanol–water partition coefficient (Wildman–Crippen LogP) is 6.58. The largest absolute Gasteiger partial charge is 0.523 e. The van der Waals surface area contributed by atoms with Crippen LogP contribution < -0.4 is 0 Å². The smallest absolute Gasteiger partial charge is 0.263 e. The van der Waals surface area contributed by atoms with Gasteiger partial charge in [0.05, 0.1) is 6.61 Å². The van der Waals surface area contributed by atoms with Crippen LogP contribution in [0.3, 0.4) is 0 Å². The molecule has 0 saturated heterocycles. The van der Waals surface area contributed by atoms with E-state index in [-0.39, 0.29) is 0 Å². The van der Waals surface area contributed by atoms with Crippen molar-refractivity contribution in [3.8, 4) is 0 Å². The van der Waals surface area contributed by atoms with Gasteiger partial charge in [0.1, 0.15) is 0 Å². The molecule has 0 saturated carbocycles. The van der Waals surface area contributed by atoms with E-state index in [1.54, 1.807) is 13.8 Å². The Kier molecular flexibility index (Phi) is 12.0. The monoisotopic (exact) mass is 388 g/mol. The van der Waals surface area contributed by atoms with Crippen LogP contribution in [0.1, 0.15) is 97.8 Å². The van der Waals surface area contributed by atoms with Crippen molar-refractivity contribution in [3.05, 3.63) is 0 Å². The first-order valence-corrected chi connectivity index (χ1v) is 10.9. The molecular weight excluding hydrogens is 353 g/mol. The molecule has 0 rings (SSSR count). The zero-order valence-corrected chi connectivity index (χ0v) is 16.8. The highest BCUT2D eigenvalue weighted by atomic mass is 32.2. The maximum absolute atomic E-state index is 12.2.